The van der Waals surface area contributed by atoms with E-state index in [1.807, 2.05) is 27.7 Å². The van der Waals surface area contributed by atoms with Crippen LogP contribution in [0.2, 0.25) is 0 Å². The summed E-state index contributed by atoms with van der Waals surface area (Å²) in [6, 6.07) is 4.68. The van der Waals surface area contributed by atoms with Crippen LogP contribution in [0.3, 0.4) is 0 Å². The van der Waals surface area contributed by atoms with Gasteiger partial charge in [0.2, 0.25) is 0 Å². The van der Waals surface area contributed by atoms with Crippen molar-refractivity contribution in [1.29, 1.82) is 0 Å². The van der Waals surface area contributed by atoms with Crippen molar-refractivity contribution in [3.63, 3.8) is 0 Å². The first-order valence-corrected chi connectivity index (χ1v) is 7.83. The SMILES string of the molecule is CC(C)CN(CC(C)C)C(=O)c1cc(Br)ccc1C(=O)O. The van der Waals surface area contributed by atoms with Crippen LogP contribution in [0.25, 0.3) is 0 Å². The van der Waals surface area contributed by atoms with E-state index in [0.29, 0.717) is 29.4 Å². The van der Waals surface area contributed by atoms with E-state index in [0.717, 1.165) is 0 Å². The Hall–Kier alpha value is -1.36. The Balaban J connectivity index is 3.18. The summed E-state index contributed by atoms with van der Waals surface area (Å²) >= 11 is 3.30. The molecule has 1 aromatic carbocycles. The highest BCUT2D eigenvalue weighted by molar-refractivity contribution is 9.10. The predicted octanol–water partition coefficient (Wildman–Crippen LogP) is 3.90. The van der Waals surface area contributed by atoms with Crippen LogP contribution in [0.15, 0.2) is 22.7 Å². The quantitative estimate of drug-likeness (QED) is 0.841. The van der Waals surface area contributed by atoms with Gasteiger partial charge in [0.25, 0.3) is 5.91 Å². The average molecular weight is 356 g/mol. The molecule has 0 aliphatic rings. The predicted molar refractivity (Wildman–Crippen MR) is 86.7 cm³/mol. The summed E-state index contributed by atoms with van der Waals surface area (Å²) in [6.07, 6.45) is 0. The summed E-state index contributed by atoms with van der Waals surface area (Å²) < 4.78 is 0.699. The third kappa shape index (κ3) is 5.16. The average Bonchev–Trinajstić information content (AvgIpc) is 2.35. The minimum atomic E-state index is -1.08. The molecule has 1 amide bonds. The van der Waals surface area contributed by atoms with Crippen molar-refractivity contribution in [3.05, 3.63) is 33.8 Å². The lowest BCUT2D eigenvalue weighted by atomic mass is 10.0. The summed E-state index contributed by atoms with van der Waals surface area (Å²) in [4.78, 5) is 25.8. The van der Waals surface area contributed by atoms with Gasteiger partial charge in [-0.2, -0.15) is 0 Å². The number of rotatable bonds is 6. The molecule has 0 fully saturated rings. The number of nitrogens with zero attached hydrogens (tertiary/aromatic N) is 1. The second-order valence-electron chi connectivity index (χ2n) is 5.99. The second-order valence-corrected chi connectivity index (χ2v) is 6.91. The van der Waals surface area contributed by atoms with Crippen molar-refractivity contribution in [3.8, 4) is 0 Å². The van der Waals surface area contributed by atoms with E-state index in [9.17, 15) is 14.7 Å². The van der Waals surface area contributed by atoms with Gasteiger partial charge in [-0.1, -0.05) is 43.6 Å². The smallest absolute Gasteiger partial charge is 0.336 e. The summed E-state index contributed by atoms with van der Waals surface area (Å²) in [5, 5.41) is 9.26. The van der Waals surface area contributed by atoms with Crippen LogP contribution in [0.5, 0.6) is 0 Å². The minimum absolute atomic E-state index is 0.0423. The molecule has 5 heteroatoms. The molecule has 0 aliphatic carbocycles. The maximum Gasteiger partial charge on any atom is 0.336 e. The summed E-state index contributed by atoms with van der Waals surface area (Å²) in [6.45, 7) is 9.39. The van der Waals surface area contributed by atoms with Gasteiger partial charge >= 0.3 is 5.97 Å². The summed E-state index contributed by atoms with van der Waals surface area (Å²) in [7, 11) is 0. The summed E-state index contributed by atoms with van der Waals surface area (Å²) in [5.41, 5.74) is 0.277. The van der Waals surface area contributed by atoms with Crippen LogP contribution in [0.1, 0.15) is 48.4 Å². The van der Waals surface area contributed by atoms with Gasteiger partial charge in [0.15, 0.2) is 0 Å². The highest BCUT2D eigenvalue weighted by Crippen LogP contribution is 2.20. The normalized spacial score (nSPS) is 11.0. The Bertz CT molecular complexity index is 516. The van der Waals surface area contributed by atoms with Crippen LogP contribution in [-0.4, -0.2) is 35.0 Å². The van der Waals surface area contributed by atoms with Crippen LogP contribution >= 0.6 is 15.9 Å². The van der Waals surface area contributed by atoms with Crippen molar-refractivity contribution in [2.24, 2.45) is 11.8 Å². The Labute approximate surface area is 134 Å². The van der Waals surface area contributed by atoms with Crippen LogP contribution < -0.4 is 0 Å². The molecule has 116 valence electrons. The fraction of sp³-hybridized carbons (Fsp3) is 0.500. The van der Waals surface area contributed by atoms with Crippen LogP contribution in [0, 0.1) is 11.8 Å². The molecule has 4 nitrogen and oxygen atoms in total. The molecule has 0 heterocycles. The van der Waals surface area contributed by atoms with E-state index in [1.54, 1.807) is 17.0 Å². The maximum absolute atomic E-state index is 12.7. The highest BCUT2D eigenvalue weighted by Gasteiger charge is 2.23. The highest BCUT2D eigenvalue weighted by atomic mass is 79.9. The minimum Gasteiger partial charge on any atom is -0.478 e. The molecule has 1 N–H and O–H groups in total. The first kappa shape index (κ1) is 17.7. The molecule has 0 unspecified atom stereocenters. The number of amides is 1. The fourth-order valence-electron chi connectivity index (χ4n) is 2.17. The molecule has 0 saturated heterocycles. The molecular weight excluding hydrogens is 334 g/mol. The monoisotopic (exact) mass is 355 g/mol. The zero-order valence-electron chi connectivity index (χ0n) is 12.9. The first-order chi connectivity index (χ1) is 9.72. The Morgan fingerprint density at radius 1 is 1.10 bits per heavy atom. The van der Waals surface area contributed by atoms with Crippen molar-refractivity contribution < 1.29 is 14.7 Å². The molecule has 0 aliphatic heterocycles. The molecular formula is C16H22BrNO3. The summed E-state index contributed by atoms with van der Waals surface area (Å²) in [5.74, 6) is -0.655. The van der Waals surface area contributed by atoms with Gasteiger partial charge in [-0.25, -0.2) is 4.79 Å². The van der Waals surface area contributed by atoms with Crippen molar-refractivity contribution in [2.45, 2.75) is 27.7 Å². The third-order valence-corrected chi connectivity index (χ3v) is 3.39. The van der Waals surface area contributed by atoms with E-state index >= 15 is 0 Å². The number of hydrogen-bond acceptors (Lipinski definition) is 2. The zero-order valence-corrected chi connectivity index (χ0v) is 14.5. The lowest BCUT2D eigenvalue weighted by Gasteiger charge is -2.27. The van der Waals surface area contributed by atoms with E-state index in [1.165, 1.54) is 6.07 Å². The van der Waals surface area contributed by atoms with Gasteiger partial charge < -0.3 is 10.0 Å². The Morgan fingerprint density at radius 3 is 2.05 bits per heavy atom. The van der Waals surface area contributed by atoms with Gasteiger partial charge in [-0.3, -0.25) is 4.79 Å². The van der Waals surface area contributed by atoms with Crippen LogP contribution in [-0.2, 0) is 0 Å². The van der Waals surface area contributed by atoms with Crippen molar-refractivity contribution >= 4 is 27.8 Å². The third-order valence-electron chi connectivity index (χ3n) is 2.90. The van der Waals surface area contributed by atoms with E-state index in [-0.39, 0.29) is 17.0 Å². The number of carbonyl (C=O) groups is 2. The van der Waals surface area contributed by atoms with Gasteiger partial charge in [-0.15, -0.1) is 0 Å². The molecule has 1 rings (SSSR count). The Kier molecular flexibility index (Phi) is 6.40. The van der Waals surface area contributed by atoms with E-state index in [2.05, 4.69) is 15.9 Å². The maximum atomic E-state index is 12.7. The second kappa shape index (κ2) is 7.59. The molecule has 1 aromatic rings. The van der Waals surface area contributed by atoms with Crippen molar-refractivity contribution in [1.82, 2.24) is 4.90 Å². The van der Waals surface area contributed by atoms with E-state index < -0.39 is 5.97 Å². The number of carboxylic acids is 1. The van der Waals surface area contributed by atoms with Gasteiger partial charge in [-0.05, 0) is 30.0 Å². The molecule has 0 aromatic heterocycles. The Morgan fingerprint density at radius 2 is 1.62 bits per heavy atom. The standard InChI is InChI=1S/C16H22BrNO3/c1-10(2)8-18(9-11(3)4)15(19)14-7-12(17)5-6-13(14)16(20)21/h5-7,10-11H,8-9H2,1-4H3,(H,20,21). The van der Waals surface area contributed by atoms with Crippen LogP contribution in [0.4, 0.5) is 0 Å². The number of carboxylic acid groups (broad SMARTS) is 1. The first-order valence-electron chi connectivity index (χ1n) is 7.04. The number of halogens is 1. The fourth-order valence-corrected chi connectivity index (χ4v) is 2.53. The molecule has 0 spiro atoms. The topological polar surface area (TPSA) is 57.6 Å². The molecule has 0 bridgehead atoms. The van der Waals surface area contributed by atoms with E-state index in [4.69, 9.17) is 0 Å². The number of benzene rings is 1. The van der Waals surface area contributed by atoms with Crippen molar-refractivity contribution in [2.75, 3.05) is 13.1 Å². The van der Waals surface area contributed by atoms with Gasteiger partial charge in [0, 0.05) is 17.6 Å². The largest absolute Gasteiger partial charge is 0.478 e. The molecule has 21 heavy (non-hydrogen) atoms. The number of aromatic carboxylic acids is 1. The lowest BCUT2D eigenvalue weighted by Crippen LogP contribution is -2.37. The van der Waals surface area contributed by atoms with Gasteiger partial charge in [0.1, 0.15) is 0 Å². The molecule has 0 saturated carbocycles. The molecule has 0 atom stereocenters. The number of carbonyl (C=O) groups excluding carboxylic acids is 1. The zero-order chi connectivity index (χ0) is 16.2. The molecule has 0 radical (unpaired) electrons. The number of hydrogen-bond donors (Lipinski definition) is 1. The lowest BCUT2D eigenvalue weighted by molar-refractivity contribution is 0.0663. The van der Waals surface area contributed by atoms with Gasteiger partial charge in [0.05, 0.1) is 11.1 Å².